The van der Waals surface area contributed by atoms with Gasteiger partial charge in [0, 0.05) is 12.6 Å². The van der Waals surface area contributed by atoms with E-state index in [4.69, 9.17) is 0 Å². The van der Waals surface area contributed by atoms with Crippen LogP contribution in [0.5, 0.6) is 0 Å². The topological polar surface area (TPSA) is 24.1 Å². The molecule has 0 radical (unpaired) electrons. The summed E-state index contributed by atoms with van der Waals surface area (Å²) in [5, 5.41) is 7.07. The smallest absolute Gasteiger partial charge is 0.0192 e. The predicted octanol–water partition coefficient (Wildman–Crippen LogP) is 2.69. The maximum atomic E-state index is 3.56. The van der Waals surface area contributed by atoms with Crippen LogP contribution in [0.3, 0.4) is 0 Å². The minimum Gasteiger partial charge on any atom is -0.315 e. The van der Waals surface area contributed by atoms with Gasteiger partial charge in [-0.2, -0.15) is 0 Å². The van der Waals surface area contributed by atoms with Crippen molar-refractivity contribution in [2.24, 2.45) is 0 Å². The monoisotopic (exact) mass is 212 g/mol. The standard InChI is InChI=1S/C13H28N2/c1-2-3-4-5-6-7-10-14-12-13-9-8-11-15-13/h13-15H,2-12H2,1H3. The van der Waals surface area contributed by atoms with Crippen LogP contribution in [-0.2, 0) is 0 Å². The van der Waals surface area contributed by atoms with Crippen LogP contribution >= 0.6 is 0 Å². The molecule has 1 atom stereocenters. The normalized spacial score (nSPS) is 21.0. The largest absolute Gasteiger partial charge is 0.315 e. The predicted molar refractivity (Wildman–Crippen MR) is 67.3 cm³/mol. The second-order valence-corrected chi connectivity index (χ2v) is 4.77. The van der Waals surface area contributed by atoms with Gasteiger partial charge in [-0.25, -0.2) is 0 Å². The lowest BCUT2D eigenvalue weighted by molar-refractivity contribution is 0.514. The Hall–Kier alpha value is -0.0800. The Labute approximate surface area is 95.2 Å². The molecule has 0 aromatic rings. The summed E-state index contributed by atoms with van der Waals surface area (Å²) in [6.07, 6.45) is 11.1. The van der Waals surface area contributed by atoms with E-state index in [9.17, 15) is 0 Å². The minimum absolute atomic E-state index is 0.755. The number of hydrogen-bond acceptors (Lipinski definition) is 2. The second-order valence-electron chi connectivity index (χ2n) is 4.77. The average Bonchev–Trinajstić information content (AvgIpc) is 2.75. The first kappa shape index (κ1) is 13.0. The summed E-state index contributed by atoms with van der Waals surface area (Å²) in [5.74, 6) is 0. The number of unbranched alkanes of at least 4 members (excludes halogenated alkanes) is 5. The van der Waals surface area contributed by atoms with Gasteiger partial charge in [-0.05, 0) is 32.4 Å². The Kier molecular flexibility index (Phi) is 7.94. The molecule has 0 saturated carbocycles. The number of nitrogens with one attached hydrogen (secondary N) is 2. The fraction of sp³-hybridized carbons (Fsp3) is 1.00. The van der Waals surface area contributed by atoms with E-state index in [1.807, 2.05) is 0 Å². The Morgan fingerprint density at radius 3 is 2.67 bits per heavy atom. The maximum Gasteiger partial charge on any atom is 0.0192 e. The van der Waals surface area contributed by atoms with Crippen molar-refractivity contribution in [2.45, 2.75) is 64.3 Å². The van der Waals surface area contributed by atoms with Crippen LogP contribution in [0.4, 0.5) is 0 Å². The molecule has 1 rings (SSSR count). The fourth-order valence-corrected chi connectivity index (χ4v) is 2.24. The minimum atomic E-state index is 0.755. The lowest BCUT2D eigenvalue weighted by Crippen LogP contribution is -2.34. The van der Waals surface area contributed by atoms with Gasteiger partial charge in [0.15, 0.2) is 0 Å². The maximum absolute atomic E-state index is 3.56. The van der Waals surface area contributed by atoms with Gasteiger partial charge in [0.2, 0.25) is 0 Å². The zero-order valence-electron chi connectivity index (χ0n) is 10.4. The molecule has 1 saturated heterocycles. The third-order valence-corrected chi connectivity index (χ3v) is 3.26. The zero-order valence-corrected chi connectivity index (χ0v) is 10.4. The molecule has 15 heavy (non-hydrogen) atoms. The zero-order chi connectivity index (χ0) is 10.8. The van der Waals surface area contributed by atoms with Crippen molar-refractivity contribution in [3.05, 3.63) is 0 Å². The molecular weight excluding hydrogens is 184 g/mol. The Morgan fingerprint density at radius 1 is 1.13 bits per heavy atom. The van der Waals surface area contributed by atoms with Crippen LogP contribution in [-0.4, -0.2) is 25.7 Å². The first-order chi connectivity index (χ1) is 7.43. The quantitative estimate of drug-likeness (QED) is 0.574. The molecule has 1 aliphatic rings. The first-order valence-corrected chi connectivity index (χ1v) is 6.87. The van der Waals surface area contributed by atoms with Crippen molar-refractivity contribution in [2.75, 3.05) is 19.6 Å². The van der Waals surface area contributed by atoms with Gasteiger partial charge < -0.3 is 10.6 Å². The highest BCUT2D eigenvalue weighted by atomic mass is 15.0. The van der Waals surface area contributed by atoms with Crippen LogP contribution in [0.2, 0.25) is 0 Å². The summed E-state index contributed by atoms with van der Waals surface area (Å²) in [5.41, 5.74) is 0. The van der Waals surface area contributed by atoms with E-state index < -0.39 is 0 Å². The molecule has 0 spiro atoms. The summed E-state index contributed by atoms with van der Waals surface area (Å²) in [4.78, 5) is 0. The fourth-order valence-electron chi connectivity index (χ4n) is 2.24. The van der Waals surface area contributed by atoms with Crippen molar-refractivity contribution < 1.29 is 0 Å². The van der Waals surface area contributed by atoms with Gasteiger partial charge in [0.25, 0.3) is 0 Å². The molecule has 1 unspecified atom stereocenters. The number of rotatable bonds is 9. The molecule has 0 bridgehead atoms. The van der Waals surface area contributed by atoms with E-state index in [2.05, 4.69) is 17.6 Å². The van der Waals surface area contributed by atoms with Gasteiger partial charge in [0.05, 0.1) is 0 Å². The third-order valence-electron chi connectivity index (χ3n) is 3.26. The highest BCUT2D eigenvalue weighted by Crippen LogP contribution is 2.05. The SMILES string of the molecule is CCCCCCCCNCC1CCCN1. The van der Waals surface area contributed by atoms with Gasteiger partial charge in [-0.1, -0.05) is 39.0 Å². The molecule has 1 aliphatic heterocycles. The van der Waals surface area contributed by atoms with Gasteiger partial charge in [-0.3, -0.25) is 0 Å². The van der Waals surface area contributed by atoms with Crippen molar-refractivity contribution in [1.29, 1.82) is 0 Å². The van der Waals surface area contributed by atoms with Crippen LogP contribution in [0.25, 0.3) is 0 Å². The molecule has 1 heterocycles. The second kappa shape index (κ2) is 9.17. The van der Waals surface area contributed by atoms with Crippen LogP contribution < -0.4 is 10.6 Å². The lowest BCUT2D eigenvalue weighted by atomic mass is 10.1. The van der Waals surface area contributed by atoms with Crippen molar-refractivity contribution in [1.82, 2.24) is 10.6 Å². The summed E-state index contributed by atoms with van der Waals surface area (Å²) < 4.78 is 0. The third kappa shape index (κ3) is 6.91. The molecule has 0 aromatic heterocycles. The molecule has 90 valence electrons. The van der Waals surface area contributed by atoms with Crippen molar-refractivity contribution in [3.8, 4) is 0 Å². The van der Waals surface area contributed by atoms with Crippen LogP contribution in [0.15, 0.2) is 0 Å². The Balaban J connectivity index is 1.73. The summed E-state index contributed by atoms with van der Waals surface area (Å²) in [6.45, 7) is 5.89. The Morgan fingerprint density at radius 2 is 1.93 bits per heavy atom. The van der Waals surface area contributed by atoms with Gasteiger partial charge in [-0.15, -0.1) is 0 Å². The molecule has 1 fully saturated rings. The molecular formula is C13H28N2. The van der Waals surface area contributed by atoms with Crippen molar-refractivity contribution in [3.63, 3.8) is 0 Å². The molecule has 2 heteroatoms. The van der Waals surface area contributed by atoms with Crippen LogP contribution in [0.1, 0.15) is 58.3 Å². The van der Waals surface area contributed by atoms with E-state index in [1.165, 1.54) is 71.0 Å². The molecule has 0 aliphatic carbocycles. The first-order valence-electron chi connectivity index (χ1n) is 6.87. The van der Waals surface area contributed by atoms with Crippen LogP contribution in [0, 0.1) is 0 Å². The summed E-state index contributed by atoms with van der Waals surface area (Å²) in [7, 11) is 0. The van der Waals surface area contributed by atoms with E-state index in [0.29, 0.717) is 0 Å². The summed E-state index contributed by atoms with van der Waals surface area (Å²) in [6, 6.07) is 0.755. The summed E-state index contributed by atoms with van der Waals surface area (Å²) >= 11 is 0. The molecule has 0 amide bonds. The van der Waals surface area contributed by atoms with E-state index in [1.54, 1.807) is 0 Å². The van der Waals surface area contributed by atoms with Crippen molar-refractivity contribution >= 4 is 0 Å². The molecule has 2 N–H and O–H groups in total. The molecule has 2 nitrogen and oxygen atoms in total. The highest BCUT2D eigenvalue weighted by Gasteiger charge is 2.12. The van der Waals surface area contributed by atoms with E-state index >= 15 is 0 Å². The average molecular weight is 212 g/mol. The highest BCUT2D eigenvalue weighted by molar-refractivity contribution is 4.75. The van der Waals surface area contributed by atoms with E-state index in [-0.39, 0.29) is 0 Å². The molecule has 0 aromatic carbocycles. The van der Waals surface area contributed by atoms with Gasteiger partial charge in [0.1, 0.15) is 0 Å². The van der Waals surface area contributed by atoms with Gasteiger partial charge >= 0.3 is 0 Å². The lowest BCUT2D eigenvalue weighted by Gasteiger charge is -2.11. The van der Waals surface area contributed by atoms with E-state index in [0.717, 1.165) is 6.04 Å². The number of hydrogen-bond donors (Lipinski definition) is 2. The Bertz CT molecular complexity index is 130.